The van der Waals surface area contributed by atoms with Gasteiger partial charge in [0, 0.05) is 29.7 Å². The van der Waals surface area contributed by atoms with Crippen LogP contribution in [0.5, 0.6) is 11.5 Å². The lowest BCUT2D eigenvalue weighted by Gasteiger charge is -2.51. The zero-order chi connectivity index (χ0) is 26.4. The second-order valence-corrected chi connectivity index (χ2v) is 11.8. The number of fused-ring (bicyclic) bond motifs is 2. The molecule has 3 aromatic carbocycles. The van der Waals surface area contributed by atoms with Gasteiger partial charge in [0.2, 0.25) is 0 Å². The Kier molecular flexibility index (Phi) is 6.07. The first-order valence-electron chi connectivity index (χ1n) is 11.6. The summed E-state index contributed by atoms with van der Waals surface area (Å²) in [7, 11) is -4.49. The van der Waals surface area contributed by atoms with Gasteiger partial charge in [0.05, 0.1) is 10.5 Å². The van der Waals surface area contributed by atoms with Gasteiger partial charge in [0.25, 0.3) is 5.69 Å². The number of ether oxygens (including phenoxy) is 1. The Hall–Kier alpha value is -3.70. The molecule has 0 aromatic heterocycles. The van der Waals surface area contributed by atoms with Crippen molar-refractivity contribution in [1.29, 1.82) is 0 Å². The standard InChI is InChI=1S/C26H25N3O6S2/c1-25(2)16-26(28-24(36)27-25)15-22(17-8-4-3-5-9-17)34-21-14-18(12-13-19(21)26)35-37(32,33)23-11-7-6-10-20(23)29(30)31/h3-14,22H,15-16H2,1-2H3,(H2,27,28,36). The second-order valence-electron chi connectivity index (χ2n) is 9.86. The lowest BCUT2D eigenvalue weighted by atomic mass is 9.72. The van der Waals surface area contributed by atoms with E-state index in [0.29, 0.717) is 23.7 Å². The summed E-state index contributed by atoms with van der Waals surface area (Å²) in [4.78, 5) is 10.1. The summed E-state index contributed by atoms with van der Waals surface area (Å²) < 4.78 is 37.7. The molecule has 2 N–H and O–H groups in total. The second kappa shape index (κ2) is 9.00. The molecule has 2 atom stereocenters. The first-order chi connectivity index (χ1) is 17.5. The average molecular weight is 540 g/mol. The molecule has 5 rings (SSSR count). The van der Waals surface area contributed by atoms with Gasteiger partial charge in [-0.3, -0.25) is 10.1 Å². The number of thiocarbonyl (C=S) groups is 1. The number of benzene rings is 3. The lowest BCUT2D eigenvalue weighted by molar-refractivity contribution is -0.387. The van der Waals surface area contributed by atoms with Gasteiger partial charge in [0.15, 0.2) is 10.0 Å². The lowest BCUT2D eigenvalue weighted by Crippen LogP contribution is -2.65. The number of nitrogens with one attached hydrogen (secondary N) is 2. The molecule has 37 heavy (non-hydrogen) atoms. The van der Waals surface area contributed by atoms with Crippen LogP contribution < -0.4 is 19.6 Å². The summed E-state index contributed by atoms with van der Waals surface area (Å²) in [6.45, 7) is 4.15. The Balaban J connectivity index is 1.57. The third-order valence-electron chi connectivity index (χ3n) is 6.53. The molecule has 2 heterocycles. The number of para-hydroxylation sites is 1. The van der Waals surface area contributed by atoms with Crippen molar-refractivity contribution in [3.05, 3.63) is 94.0 Å². The zero-order valence-electron chi connectivity index (χ0n) is 20.1. The molecule has 192 valence electrons. The monoisotopic (exact) mass is 539 g/mol. The summed E-state index contributed by atoms with van der Waals surface area (Å²) in [6.07, 6.45) is 0.957. The number of nitro groups is 1. The molecule has 0 amide bonds. The predicted molar refractivity (Wildman–Crippen MR) is 141 cm³/mol. The van der Waals surface area contributed by atoms with E-state index < -0.39 is 31.2 Å². The van der Waals surface area contributed by atoms with E-state index in [1.165, 1.54) is 24.3 Å². The Bertz CT molecular complexity index is 1490. The molecule has 1 fully saturated rings. The van der Waals surface area contributed by atoms with Crippen LogP contribution in [0.4, 0.5) is 5.69 Å². The molecule has 2 aliphatic rings. The fourth-order valence-corrected chi connectivity index (χ4v) is 6.76. The maximum Gasteiger partial charge on any atom is 0.346 e. The van der Waals surface area contributed by atoms with E-state index in [2.05, 4.69) is 24.5 Å². The number of nitrogens with zero attached hydrogens (tertiary/aromatic N) is 1. The highest BCUT2D eigenvalue weighted by atomic mass is 32.2. The topological polar surface area (TPSA) is 120 Å². The van der Waals surface area contributed by atoms with Crippen LogP contribution in [0.1, 0.15) is 43.9 Å². The van der Waals surface area contributed by atoms with E-state index in [4.69, 9.17) is 21.1 Å². The first kappa shape index (κ1) is 25.0. The Morgan fingerprint density at radius 2 is 1.76 bits per heavy atom. The van der Waals surface area contributed by atoms with Gasteiger partial charge in [0.1, 0.15) is 17.6 Å². The van der Waals surface area contributed by atoms with Gasteiger partial charge in [-0.25, -0.2) is 0 Å². The van der Waals surface area contributed by atoms with Crippen LogP contribution in [0.2, 0.25) is 0 Å². The van der Waals surface area contributed by atoms with Crippen LogP contribution in [0.25, 0.3) is 0 Å². The van der Waals surface area contributed by atoms with Crippen molar-refractivity contribution in [2.75, 3.05) is 0 Å². The molecule has 2 aliphatic heterocycles. The van der Waals surface area contributed by atoms with Gasteiger partial charge in [-0.2, -0.15) is 8.42 Å². The van der Waals surface area contributed by atoms with E-state index in [1.807, 2.05) is 30.3 Å². The third kappa shape index (κ3) is 4.84. The molecule has 2 unspecified atom stereocenters. The Morgan fingerprint density at radius 3 is 2.46 bits per heavy atom. The zero-order valence-corrected chi connectivity index (χ0v) is 21.8. The highest BCUT2D eigenvalue weighted by Crippen LogP contribution is 2.50. The summed E-state index contributed by atoms with van der Waals surface area (Å²) in [5, 5.41) is 18.7. The van der Waals surface area contributed by atoms with Crippen molar-refractivity contribution < 1.29 is 22.3 Å². The number of hydrogen-bond donors (Lipinski definition) is 2. The van der Waals surface area contributed by atoms with Gasteiger partial charge < -0.3 is 19.6 Å². The van der Waals surface area contributed by atoms with Crippen LogP contribution in [0.15, 0.2) is 77.7 Å². The first-order valence-corrected chi connectivity index (χ1v) is 13.4. The molecule has 1 saturated heterocycles. The van der Waals surface area contributed by atoms with Crippen LogP contribution in [0, 0.1) is 10.1 Å². The van der Waals surface area contributed by atoms with Gasteiger partial charge >= 0.3 is 10.1 Å². The van der Waals surface area contributed by atoms with E-state index in [-0.39, 0.29) is 17.4 Å². The van der Waals surface area contributed by atoms with Crippen molar-refractivity contribution in [2.45, 2.75) is 48.8 Å². The van der Waals surface area contributed by atoms with Crippen LogP contribution in [-0.2, 0) is 15.7 Å². The number of hydrogen-bond acceptors (Lipinski definition) is 7. The molecule has 0 radical (unpaired) electrons. The van der Waals surface area contributed by atoms with E-state index >= 15 is 0 Å². The summed E-state index contributed by atoms with van der Waals surface area (Å²) in [5.74, 6) is 0.430. The maximum atomic E-state index is 13.0. The molecule has 0 aliphatic carbocycles. The summed E-state index contributed by atoms with van der Waals surface area (Å²) >= 11 is 5.56. The Labute approximate surface area is 220 Å². The van der Waals surface area contributed by atoms with Crippen molar-refractivity contribution in [1.82, 2.24) is 10.6 Å². The quantitative estimate of drug-likeness (QED) is 0.205. The molecule has 9 nitrogen and oxygen atoms in total. The highest BCUT2D eigenvalue weighted by molar-refractivity contribution is 7.87. The maximum absolute atomic E-state index is 13.0. The van der Waals surface area contributed by atoms with E-state index in [1.54, 1.807) is 6.07 Å². The van der Waals surface area contributed by atoms with Crippen molar-refractivity contribution in [3.8, 4) is 11.5 Å². The molecular formula is C26H25N3O6S2. The minimum atomic E-state index is -4.49. The van der Waals surface area contributed by atoms with Gasteiger partial charge in [-0.1, -0.05) is 42.5 Å². The molecule has 0 bridgehead atoms. The van der Waals surface area contributed by atoms with Crippen molar-refractivity contribution >= 4 is 33.1 Å². The smallest absolute Gasteiger partial charge is 0.346 e. The van der Waals surface area contributed by atoms with Crippen molar-refractivity contribution in [3.63, 3.8) is 0 Å². The number of rotatable bonds is 5. The van der Waals surface area contributed by atoms with Crippen molar-refractivity contribution in [2.24, 2.45) is 0 Å². The normalized spacial score (nSPS) is 22.2. The van der Waals surface area contributed by atoms with Gasteiger partial charge in [-0.15, -0.1) is 0 Å². The average Bonchev–Trinajstić information content (AvgIpc) is 2.82. The van der Waals surface area contributed by atoms with Crippen LogP contribution >= 0.6 is 12.2 Å². The van der Waals surface area contributed by atoms with E-state index in [0.717, 1.165) is 23.3 Å². The summed E-state index contributed by atoms with van der Waals surface area (Å²) in [6, 6.07) is 19.6. The van der Waals surface area contributed by atoms with Crippen LogP contribution in [-0.4, -0.2) is 24.0 Å². The minimum Gasteiger partial charge on any atom is -0.485 e. The highest BCUT2D eigenvalue weighted by Gasteiger charge is 2.49. The molecule has 1 spiro atoms. The third-order valence-corrected chi connectivity index (χ3v) is 8.03. The molecular weight excluding hydrogens is 514 g/mol. The largest absolute Gasteiger partial charge is 0.485 e. The molecule has 0 saturated carbocycles. The van der Waals surface area contributed by atoms with Crippen LogP contribution in [0.3, 0.4) is 0 Å². The van der Waals surface area contributed by atoms with E-state index in [9.17, 15) is 18.5 Å². The molecule has 3 aromatic rings. The fraction of sp³-hybridized carbons (Fsp3) is 0.269. The Morgan fingerprint density at radius 1 is 1.05 bits per heavy atom. The fourth-order valence-electron chi connectivity index (χ4n) is 5.20. The number of nitro benzene ring substituents is 1. The van der Waals surface area contributed by atoms with Gasteiger partial charge in [-0.05, 0) is 56.2 Å². The minimum absolute atomic E-state index is 0.0171. The molecule has 11 heteroatoms. The summed E-state index contributed by atoms with van der Waals surface area (Å²) in [5.41, 5.74) is 0.357. The SMILES string of the molecule is CC1(C)CC2(CC(c3ccccc3)Oc3cc(OS(=O)(=O)c4ccccc4[N+](=O)[O-])ccc32)NC(=S)N1. The predicted octanol–water partition coefficient (Wildman–Crippen LogP) is 4.73.